The van der Waals surface area contributed by atoms with Crippen LogP contribution in [0.4, 0.5) is 10.8 Å². The number of amides is 2. The molecule has 0 saturated heterocycles. The molecule has 0 aliphatic heterocycles. The number of aromatic nitrogens is 2. The van der Waals surface area contributed by atoms with Crippen LogP contribution in [0.15, 0.2) is 58.4 Å². The van der Waals surface area contributed by atoms with Crippen LogP contribution in [0.5, 0.6) is 0 Å². The van der Waals surface area contributed by atoms with Crippen LogP contribution in [0.1, 0.15) is 22.8 Å². The highest BCUT2D eigenvalue weighted by Gasteiger charge is 2.18. The van der Waals surface area contributed by atoms with Crippen molar-refractivity contribution in [1.29, 1.82) is 0 Å². The van der Waals surface area contributed by atoms with Crippen molar-refractivity contribution < 1.29 is 9.59 Å². The first-order valence-electron chi connectivity index (χ1n) is 9.14. The van der Waals surface area contributed by atoms with Crippen molar-refractivity contribution in [1.82, 2.24) is 9.97 Å². The van der Waals surface area contributed by atoms with Gasteiger partial charge in [-0.05, 0) is 43.7 Å². The molecule has 6 nitrogen and oxygen atoms in total. The Hall–Kier alpha value is -2.75. The topological polar surface area (TPSA) is 84.0 Å². The molecule has 0 radical (unpaired) electrons. The molecule has 0 fully saturated rings. The Bertz CT molecular complexity index is 1200. The number of hydrogen-bond acceptors (Lipinski definition) is 7. The number of nitrogens with zero attached hydrogens (tertiary/aromatic N) is 2. The van der Waals surface area contributed by atoms with E-state index in [1.807, 2.05) is 61.7 Å². The third kappa shape index (κ3) is 4.69. The van der Waals surface area contributed by atoms with Crippen LogP contribution in [0.2, 0.25) is 0 Å². The predicted molar refractivity (Wildman–Crippen MR) is 125 cm³/mol. The molecule has 2 N–H and O–H groups in total. The molecule has 1 atom stereocenters. The van der Waals surface area contributed by atoms with Gasteiger partial charge in [-0.2, -0.15) is 0 Å². The van der Waals surface area contributed by atoms with Gasteiger partial charge < -0.3 is 10.6 Å². The number of benzene rings is 2. The number of nitrogens with one attached hydrogen (secondary N) is 2. The van der Waals surface area contributed by atoms with Crippen molar-refractivity contribution in [2.45, 2.75) is 23.4 Å². The van der Waals surface area contributed by atoms with Crippen LogP contribution in [0.3, 0.4) is 0 Å². The smallest absolute Gasteiger partial charge is 0.255 e. The van der Waals surface area contributed by atoms with Crippen molar-refractivity contribution in [3.05, 3.63) is 65.2 Å². The Morgan fingerprint density at radius 2 is 1.97 bits per heavy atom. The molecule has 2 amide bonds. The Labute approximate surface area is 185 Å². The van der Waals surface area contributed by atoms with Gasteiger partial charge in [0, 0.05) is 22.8 Å². The minimum Gasteiger partial charge on any atom is -0.322 e. The van der Waals surface area contributed by atoms with E-state index in [4.69, 9.17) is 0 Å². The summed E-state index contributed by atoms with van der Waals surface area (Å²) in [5, 5.41) is 7.85. The molecule has 0 saturated carbocycles. The van der Waals surface area contributed by atoms with E-state index in [-0.39, 0.29) is 17.1 Å². The Morgan fingerprint density at radius 3 is 2.73 bits per heavy atom. The summed E-state index contributed by atoms with van der Waals surface area (Å²) in [5.74, 6) is -0.251. The third-order valence-corrected chi connectivity index (χ3v) is 7.23. The number of anilines is 2. The molecule has 2 heterocycles. The van der Waals surface area contributed by atoms with Gasteiger partial charge in [-0.15, -0.1) is 22.7 Å². The van der Waals surface area contributed by atoms with Gasteiger partial charge in [0.15, 0.2) is 9.47 Å². The highest BCUT2D eigenvalue weighted by Crippen LogP contribution is 2.34. The van der Waals surface area contributed by atoms with Crippen LogP contribution in [-0.4, -0.2) is 27.0 Å². The van der Waals surface area contributed by atoms with Gasteiger partial charge in [0.25, 0.3) is 5.91 Å². The number of hydrogen-bond donors (Lipinski definition) is 2. The molecule has 2 aromatic carbocycles. The summed E-state index contributed by atoms with van der Waals surface area (Å²) >= 11 is 4.29. The molecule has 2 aromatic heterocycles. The predicted octanol–water partition coefficient (Wildman–Crippen LogP) is 5.43. The second-order valence-electron chi connectivity index (χ2n) is 6.52. The average molecular weight is 455 g/mol. The summed E-state index contributed by atoms with van der Waals surface area (Å²) in [7, 11) is 0. The van der Waals surface area contributed by atoms with Gasteiger partial charge >= 0.3 is 0 Å². The van der Waals surface area contributed by atoms with Crippen molar-refractivity contribution in [2.75, 3.05) is 10.6 Å². The zero-order chi connectivity index (χ0) is 21.1. The fourth-order valence-corrected chi connectivity index (χ4v) is 5.54. The zero-order valence-corrected chi connectivity index (χ0v) is 18.7. The van der Waals surface area contributed by atoms with Gasteiger partial charge in [0.2, 0.25) is 5.91 Å². The molecule has 0 bridgehead atoms. The summed E-state index contributed by atoms with van der Waals surface area (Å²) in [4.78, 5) is 33.6. The Balaban J connectivity index is 1.45. The molecule has 1 unspecified atom stereocenters. The number of thioether (sulfide) groups is 1. The first-order valence-corrected chi connectivity index (χ1v) is 11.7. The first-order chi connectivity index (χ1) is 14.5. The molecule has 30 heavy (non-hydrogen) atoms. The second kappa shape index (κ2) is 8.95. The van der Waals surface area contributed by atoms with Crippen LogP contribution in [0, 0.1) is 6.92 Å². The molecule has 9 heteroatoms. The van der Waals surface area contributed by atoms with Crippen molar-refractivity contribution in [3.63, 3.8) is 0 Å². The van der Waals surface area contributed by atoms with Gasteiger partial charge in [0.05, 0.1) is 15.5 Å². The molecule has 0 aliphatic carbocycles. The highest BCUT2D eigenvalue weighted by atomic mass is 32.2. The maximum atomic E-state index is 12.6. The van der Waals surface area contributed by atoms with Crippen molar-refractivity contribution in [3.8, 4) is 0 Å². The van der Waals surface area contributed by atoms with Gasteiger partial charge in [0.1, 0.15) is 0 Å². The maximum absolute atomic E-state index is 12.6. The van der Waals surface area contributed by atoms with E-state index in [9.17, 15) is 9.59 Å². The van der Waals surface area contributed by atoms with E-state index < -0.39 is 0 Å². The summed E-state index contributed by atoms with van der Waals surface area (Å²) in [6.45, 7) is 3.75. The highest BCUT2D eigenvalue weighted by molar-refractivity contribution is 8.02. The lowest BCUT2D eigenvalue weighted by Gasteiger charge is -2.07. The maximum Gasteiger partial charge on any atom is 0.255 e. The molecule has 152 valence electrons. The van der Waals surface area contributed by atoms with Crippen LogP contribution in [-0.2, 0) is 4.79 Å². The monoisotopic (exact) mass is 454 g/mol. The van der Waals surface area contributed by atoms with Gasteiger partial charge in [-0.3, -0.25) is 9.59 Å². The molecule has 0 aliphatic rings. The third-order valence-electron chi connectivity index (χ3n) is 4.33. The van der Waals surface area contributed by atoms with Crippen molar-refractivity contribution >= 4 is 67.3 Å². The van der Waals surface area contributed by atoms with Crippen LogP contribution >= 0.6 is 34.4 Å². The van der Waals surface area contributed by atoms with E-state index in [1.54, 1.807) is 6.20 Å². The summed E-state index contributed by atoms with van der Waals surface area (Å²) < 4.78 is 1.75. The molecule has 4 aromatic rings. The summed E-state index contributed by atoms with van der Waals surface area (Å²) in [6.07, 6.45) is 1.65. The summed E-state index contributed by atoms with van der Waals surface area (Å²) in [5.41, 5.74) is 3.13. The molecular weight excluding hydrogens is 436 g/mol. The molecule has 0 spiro atoms. The average Bonchev–Trinajstić information content (AvgIpc) is 3.37. The second-order valence-corrected chi connectivity index (χ2v) is 10.0. The van der Waals surface area contributed by atoms with Crippen LogP contribution in [0.25, 0.3) is 10.2 Å². The van der Waals surface area contributed by atoms with E-state index in [0.29, 0.717) is 16.4 Å². The lowest BCUT2D eigenvalue weighted by molar-refractivity contribution is -0.115. The fraction of sp³-hybridized carbons (Fsp3) is 0.143. The Morgan fingerprint density at radius 1 is 1.13 bits per heavy atom. The lowest BCUT2D eigenvalue weighted by Crippen LogP contribution is -2.22. The quantitative estimate of drug-likeness (QED) is 0.379. The Kier molecular flexibility index (Phi) is 6.12. The molecular formula is C21H18N4O2S3. The fourth-order valence-electron chi connectivity index (χ4n) is 2.75. The van der Waals surface area contributed by atoms with Gasteiger partial charge in [-0.1, -0.05) is 30.0 Å². The van der Waals surface area contributed by atoms with E-state index in [2.05, 4.69) is 20.6 Å². The van der Waals surface area contributed by atoms with Crippen molar-refractivity contribution in [2.24, 2.45) is 0 Å². The largest absolute Gasteiger partial charge is 0.322 e. The normalized spacial score (nSPS) is 11.9. The number of fused-ring (bicyclic) bond motifs is 1. The SMILES string of the molecule is Cc1ccccc1C(=O)Nc1ccc2nc(SC(C)C(=O)Nc3nccs3)sc2c1. The lowest BCUT2D eigenvalue weighted by atomic mass is 10.1. The number of thiazole rings is 2. The minimum atomic E-state index is -0.310. The number of carbonyl (C=O) groups excluding carboxylic acids is 2. The zero-order valence-electron chi connectivity index (χ0n) is 16.2. The first kappa shape index (κ1) is 20.5. The number of rotatable bonds is 6. The number of carbonyl (C=O) groups is 2. The van der Waals surface area contributed by atoms with E-state index in [0.717, 1.165) is 20.1 Å². The summed E-state index contributed by atoms with van der Waals surface area (Å²) in [6, 6.07) is 13.1. The van der Waals surface area contributed by atoms with Gasteiger partial charge in [-0.25, -0.2) is 9.97 Å². The van der Waals surface area contributed by atoms with Crippen LogP contribution < -0.4 is 10.6 Å². The minimum absolute atomic E-state index is 0.111. The van der Waals surface area contributed by atoms with E-state index >= 15 is 0 Å². The molecule has 4 rings (SSSR count). The standard InChI is InChI=1S/C21H18N4O2S3/c1-12-5-3-4-6-15(12)19(27)23-14-7-8-16-17(11-14)30-21(24-16)29-13(2)18(26)25-20-22-9-10-28-20/h3-11,13H,1-2H3,(H,23,27)(H,22,25,26). The number of aryl methyl sites for hydroxylation is 1. The van der Waals surface area contributed by atoms with E-state index in [1.165, 1.54) is 34.4 Å².